The molecule has 8 heteroatoms. The highest BCUT2D eigenvalue weighted by Gasteiger charge is 2.22. The van der Waals surface area contributed by atoms with E-state index in [4.69, 9.17) is 16.0 Å². The molecule has 0 fully saturated rings. The van der Waals surface area contributed by atoms with Crippen LogP contribution in [-0.2, 0) is 10.0 Å². The summed E-state index contributed by atoms with van der Waals surface area (Å²) in [7, 11) is -4.20. The van der Waals surface area contributed by atoms with Crippen LogP contribution in [0.25, 0.3) is 11.3 Å². The van der Waals surface area contributed by atoms with E-state index in [9.17, 15) is 17.9 Å². The number of hydrogen-bond acceptors (Lipinski definition) is 4. The van der Waals surface area contributed by atoms with E-state index in [-0.39, 0.29) is 10.7 Å². The largest absolute Gasteiger partial charge is 0.505 e. The van der Waals surface area contributed by atoms with Crippen molar-refractivity contribution in [3.63, 3.8) is 0 Å². The van der Waals surface area contributed by atoms with E-state index in [1.54, 1.807) is 12.1 Å². The third-order valence-corrected chi connectivity index (χ3v) is 4.96. The Hall–Kier alpha value is -2.51. The van der Waals surface area contributed by atoms with Gasteiger partial charge in [-0.15, -0.1) is 0 Å². The van der Waals surface area contributed by atoms with E-state index in [1.807, 2.05) is 0 Å². The molecule has 2 aromatic carbocycles. The van der Waals surface area contributed by atoms with Gasteiger partial charge < -0.3 is 9.52 Å². The summed E-state index contributed by atoms with van der Waals surface area (Å²) < 4.78 is 46.1. The Labute approximate surface area is 142 Å². The molecule has 0 atom stereocenters. The summed E-state index contributed by atoms with van der Waals surface area (Å²) in [5.41, 5.74) is 0.204. The van der Waals surface area contributed by atoms with E-state index in [1.165, 1.54) is 36.6 Å². The second-order valence-corrected chi connectivity index (χ2v) is 6.92. The molecule has 0 aliphatic heterocycles. The van der Waals surface area contributed by atoms with Crippen molar-refractivity contribution >= 4 is 27.3 Å². The zero-order chi connectivity index (χ0) is 17.3. The van der Waals surface area contributed by atoms with Gasteiger partial charge in [-0.3, -0.25) is 4.72 Å². The smallest absolute Gasteiger partial charge is 0.265 e. The molecule has 124 valence electrons. The number of phenols is 1. The van der Waals surface area contributed by atoms with Gasteiger partial charge >= 0.3 is 0 Å². The van der Waals surface area contributed by atoms with Crippen LogP contribution in [0.4, 0.5) is 10.1 Å². The average molecular weight is 368 g/mol. The zero-order valence-electron chi connectivity index (χ0n) is 12.0. The average Bonchev–Trinajstić information content (AvgIpc) is 3.06. The number of nitrogens with one attached hydrogen (secondary N) is 1. The monoisotopic (exact) mass is 367 g/mol. The molecule has 0 saturated heterocycles. The van der Waals surface area contributed by atoms with Crippen molar-refractivity contribution in [3.8, 4) is 17.1 Å². The maximum absolute atomic E-state index is 14.2. The Morgan fingerprint density at radius 1 is 1.12 bits per heavy atom. The van der Waals surface area contributed by atoms with Crippen molar-refractivity contribution < 1.29 is 22.3 Å². The van der Waals surface area contributed by atoms with Gasteiger partial charge in [-0.1, -0.05) is 17.7 Å². The molecule has 0 radical (unpaired) electrons. The van der Waals surface area contributed by atoms with Crippen LogP contribution < -0.4 is 4.72 Å². The molecule has 1 aromatic heterocycles. The standard InChI is InChI=1S/C16H11ClFNO4S/c17-11-3-1-5-15(16(11)20)24(21,22)19-13-7-6-10(9-12(13)18)14-4-2-8-23-14/h1-9,19-20H. The molecule has 0 spiro atoms. The first-order valence-corrected chi connectivity index (χ1v) is 8.58. The van der Waals surface area contributed by atoms with E-state index in [2.05, 4.69) is 4.72 Å². The molecule has 24 heavy (non-hydrogen) atoms. The molecule has 0 saturated carbocycles. The van der Waals surface area contributed by atoms with Crippen molar-refractivity contribution in [1.29, 1.82) is 0 Å². The second-order valence-electron chi connectivity index (χ2n) is 4.86. The van der Waals surface area contributed by atoms with Gasteiger partial charge in [0.15, 0.2) is 5.75 Å². The molecule has 0 aliphatic rings. The van der Waals surface area contributed by atoms with Crippen LogP contribution in [0.2, 0.25) is 5.02 Å². The van der Waals surface area contributed by atoms with E-state index in [0.717, 1.165) is 6.07 Å². The highest BCUT2D eigenvalue weighted by atomic mass is 35.5. The van der Waals surface area contributed by atoms with Gasteiger partial charge in [0, 0.05) is 5.56 Å². The SMILES string of the molecule is O=S(=O)(Nc1ccc(-c2ccco2)cc1F)c1cccc(Cl)c1O. The van der Waals surface area contributed by atoms with Gasteiger partial charge in [-0.2, -0.15) is 0 Å². The fraction of sp³-hybridized carbons (Fsp3) is 0. The summed E-state index contributed by atoms with van der Waals surface area (Å²) in [6, 6.07) is 11.1. The minimum Gasteiger partial charge on any atom is -0.505 e. The number of sulfonamides is 1. The Bertz CT molecular complexity index is 987. The van der Waals surface area contributed by atoms with Crippen molar-refractivity contribution in [2.24, 2.45) is 0 Å². The van der Waals surface area contributed by atoms with E-state index >= 15 is 0 Å². The molecule has 3 aromatic rings. The number of aromatic hydroxyl groups is 1. The highest BCUT2D eigenvalue weighted by molar-refractivity contribution is 7.92. The van der Waals surface area contributed by atoms with Crippen LogP contribution in [-0.4, -0.2) is 13.5 Å². The minimum atomic E-state index is -4.20. The molecule has 2 N–H and O–H groups in total. The van der Waals surface area contributed by atoms with Gasteiger partial charge in [-0.05, 0) is 42.5 Å². The van der Waals surface area contributed by atoms with Crippen LogP contribution in [0.3, 0.4) is 0 Å². The number of benzene rings is 2. The summed E-state index contributed by atoms with van der Waals surface area (Å²) in [6.07, 6.45) is 1.45. The molecule has 5 nitrogen and oxygen atoms in total. The topological polar surface area (TPSA) is 79.5 Å². The van der Waals surface area contributed by atoms with Crippen molar-refractivity contribution in [2.75, 3.05) is 4.72 Å². The zero-order valence-corrected chi connectivity index (χ0v) is 13.6. The van der Waals surface area contributed by atoms with Gasteiger partial charge in [0.25, 0.3) is 10.0 Å². The number of phenolic OH excluding ortho intramolecular Hbond substituents is 1. The van der Waals surface area contributed by atoms with Crippen LogP contribution >= 0.6 is 11.6 Å². The first kappa shape index (κ1) is 16.4. The normalized spacial score (nSPS) is 11.4. The van der Waals surface area contributed by atoms with Crippen LogP contribution in [0.1, 0.15) is 0 Å². The molecule has 3 rings (SSSR count). The number of furan rings is 1. The molecular weight excluding hydrogens is 357 g/mol. The Kier molecular flexibility index (Phi) is 4.21. The number of hydrogen-bond donors (Lipinski definition) is 2. The lowest BCUT2D eigenvalue weighted by Gasteiger charge is -2.11. The van der Waals surface area contributed by atoms with Gasteiger partial charge in [-0.25, -0.2) is 12.8 Å². The van der Waals surface area contributed by atoms with Crippen LogP contribution in [0.5, 0.6) is 5.75 Å². The molecule has 1 heterocycles. The van der Waals surface area contributed by atoms with Crippen LogP contribution in [0, 0.1) is 5.82 Å². The third-order valence-electron chi connectivity index (χ3n) is 3.26. The van der Waals surface area contributed by atoms with E-state index < -0.39 is 26.5 Å². The predicted molar refractivity (Wildman–Crippen MR) is 88.0 cm³/mol. The summed E-state index contributed by atoms with van der Waals surface area (Å²) in [5.74, 6) is -0.927. The minimum absolute atomic E-state index is 0.119. The molecule has 0 unspecified atom stereocenters. The first-order chi connectivity index (χ1) is 11.4. The maximum Gasteiger partial charge on any atom is 0.265 e. The van der Waals surface area contributed by atoms with Crippen LogP contribution in [0.15, 0.2) is 64.1 Å². The summed E-state index contributed by atoms with van der Waals surface area (Å²) >= 11 is 5.71. The Morgan fingerprint density at radius 3 is 2.58 bits per heavy atom. The van der Waals surface area contributed by atoms with E-state index in [0.29, 0.717) is 11.3 Å². The van der Waals surface area contributed by atoms with Gasteiger partial charge in [0.2, 0.25) is 0 Å². The number of rotatable bonds is 4. The number of halogens is 2. The lowest BCUT2D eigenvalue weighted by molar-refractivity contribution is 0.459. The number of anilines is 1. The Morgan fingerprint density at radius 2 is 1.92 bits per heavy atom. The Balaban J connectivity index is 1.94. The second kappa shape index (κ2) is 6.18. The summed E-state index contributed by atoms with van der Waals surface area (Å²) in [4.78, 5) is -0.440. The van der Waals surface area contributed by atoms with Gasteiger partial charge in [0.05, 0.1) is 17.0 Å². The number of para-hydroxylation sites is 1. The third kappa shape index (κ3) is 3.08. The fourth-order valence-corrected chi connectivity index (χ4v) is 3.52. The van der Waals surface area contributed by atoms with Crippen molar-refractivity contribution in [2.45, 2.75) is 4.90 Å². The van der Waals surface area contributed by atoms with Crippen molar-refractivity contribution in [1.82, 2.24) is 0 Å². The lowest BCUT2D eigenvalue weighted by atomic mass is 10.1. The molecular formula is C16H11ClFNO4S. The summed E-state index contributed by atoms with van der Waals surface area (Å²) in [5, 5.41) is 9.67. The first-order valence-electron chi connectivity index (χ1n) is 6.72. The maximum atomic E-state index is 14.2. The van der Waals surface area contributed by atoms with Gasteiger partial charge in [0.1, 0.15) is 16.5 Å². The summed E-state index contributed by atoms with van der Waals surface area (Å²) in [6.45, 7) is 0. The predicted octanol–water partition coefficient (Wildman–Crippen LogP) is 4.25. The highest BCUT2D eigenvalue weighted by Crippen LogP contribution is 2.32. The molecule has 0 aliphatic carbocycles. The van der Waals surface area contributed by atoms with Crippen molar-refractivity contribution in [3.05, 3.63) is 65.6 Å². The fourth-order valence-electron chi connectivity index (χ4n) is 2.11. The quantitative estimate of drug-likeness (QED) is 0.722. The molecule has 0 amide bonds. The molecule has 0 bridgehead atoms. The lowest BCUT2D eigenvalue weighted by Crippen LogP contribution is -2.14.